The normalized spacial score (nSPS) is 15.0. The summed E-state index contributed by atoms with van der Waals surface area (Å²) in [7, 11) is 0. The molecule has 4 aromatic rings. The van der Waals surface area contributed by atoms with Crippen LogP contribution in [0.15, 0.2) is 67.3 Å². The van der Waals surface area contributed by atoms with Gasteiger partial charge in [0.2, 0.25) is 0 Å². The van der Waals surface area contributed by atoms with E-state index in [0.717, 1.165) is 47.1 Å². The number of nitrogens with zero attached hydrogens (tertiary/aromatic N) is 3. The number of furan rings is 1. The van der Waals surface area contributed by atoms with Crippen LogP contribution in [0.5, 0.6) is 0 Å². The van der Waals surface area contributed by atoms with Crippen molar-refractivity contribution < 1.29 is 4.42 Å². The topological polar surface area (TPSA) is 60.4 Å². The second kappa shape index (κ2) is 9.27. The van der Waals surface area contributed by atoms with Crippen LogP contribution in [-0.2, 0) is 0 Å². The van der Waals surface area contributed by atoms with Gasteiger partial charge in [0, 0.05) is 21.0 Å². The summed E-state index contributed by atoms with van der Waals surface area (Å²) in [5, 5.41) is 5.75. The highest BCUT2D eigenvalue weighted by molar-refractivity contribution is 9.10. The summed E-state index contributed by atoms with van der Waals surface area (Å²) in [6, 6.07) is 15.0. The fraction of sp³-hybridized carbons (Fsp3) is 0.269. The molecule has 1 aliphatic carbocycles. The average Bonchev–Trinajstić information content (AvgIpc) is 3.29. The molecule has 168 valence electrons. The van der Waals surface area contributed by atoms with Gasteiger partial charge in [-0.3, -0.25) is 4.79 Å². The first kappa shape index (κ1) is 22.1. The molecular weight excluding hydrogens is 502 g/mol. The maximum Gasteiger partial charge on any atom is 0.282 e. The Morgan fingerprint density at radius 2 is 1.94 bits per heavy atom. The first-order valence-electron chi connectivity index (χ1n) is 11.1. The number of hydrogen-bond acceptors (Lipinski definition) is 4. The van der Waals surface area contributed by atoms with Gasteiger partial charge in [0.05, 0.1) is 17.1 Å². The Morgan fingerprint density at radius 3 is 2.76 bits per heavy atom. The van der Waals surface area contributed by atoms with E-state index in [2.05, 4.69) is 21.0 Å². The van der Waals surface area contributed by atoms with Crippen molar-refractivity contribution in [2.45, 2.75) is 44.9 Å². The Kier molecular flexibility index (Phi) is 6.21. The third-order valence-corrected chi connectivity index (χ3v) is 6.92. The van der Waals surface area contributed by atoms with Gasteiger partial charge in [-0.2, -0.15) is 9.78 Å². The molecule has 1 fully saturated rings. The molecule has 2 aromatic heterocycles. The van der Waals surface area contributed by atoms with Crippen molar-refractivity contribution in [3.63, 3.8) is 0 Å². The van der Waals surface area contributed by atoms with Crippen molar-refractivity contribution in [3.8, 4) is 11.3 Å². The lowest BCUT2D eigenvalue weighted by atomic mass is 9.88. The van der Waals surface area contributed by atoms with E-state index in [0.29, 0.717) is 27.4 Å². The standard InChI is InChI=1S/C26H23BrClN3O2/c1-16-7-9-19(28)14-21(16)24-12-10-20(33-24)15-29-31-25(17-5-3-2-4-6-17)30-23-11-8-18(27)13-22(23)26(31)32/h7-15,17H,2-6H2,1H3. The summed E-state index contributed by atoms with van der Waals surface area (Å²) in [6.45, 7) is 2.01. The van der Waals surface area contributed by atoms with E-state index in [1.54, 1.807) is 12.3 Å². The Balaban J connectivity index is 1.56. The van der Waals surface area contributed by atoms with Crippen LogP contribution in [0.3, 0.4) is 0 Å². The van der Waals surface area contributed by atoms with Crippen LogP contribution in [0, 0.1) is 6.92 Å². The average molecular weight is 525 g/mol. The molecule has 7 heteroatoms. The van der Waals surface area contributed by atoms with E-state index in [9.17, 15) is 4.79 Å². The van der Waals surface area contributed by atoms with Gasteiger partial charge in [-0.1, -0.05) is 52.9 Å². The minimum absolute atomic E-state index is 0.171. The minimum atomic E-state index is -0.171. The predicted octanol–water partition coefficient (Wildman–Crippen LogP) is 7.31. The van der Waals surface area contributed by atoms with Crippen LogP contribution in [-0.4, -0.2) is 15.9 Å². The van der Waals surface area contributed by atoms with Crippen molar-refractivity contribution in [2.24, 2.45) is 5.10 Å². The molecule has 5 nitrogen and oxygen atoms in total. The maximum atomic E-state index is 13.4. The zero-order valence-corrected chi connectivity index (χ0v) is 20.6. The molecule has 0 atom stereocenters. The van der Waals surface area contributed by atoms with Crippen molar-refractivity contribution in [3.05, 3.63) is 85.5 Å². The van der Waals surface area contributed by atoms with Crippen LogP contribution in [0.25, 0.3) is 22.2 Å². The molecule has 2 heterocycles. The fourth-order valence-corrected chi connectivity index (χ4v) is 4.98. The van der Waals surface area contributed by atoms with Gasteiger partial charge < -0.3 is 4.42 Å². The molecule has 0 unspecified atom stereocenters. The number of benzene rings is 2. The van der Waals surface area contributed by atoms with Gasteiger partial charge in [0.1, 0.15) is 17.3 Å². The molecule has 0 aliphatic heterocycles. The van der Waals surface area contributed by atoms with Crippen LogP contribution >= 0.6 is 27.5 Å². The van der Waals surface area contributed by atoms with E-state index in [1.165, 1.54) is 11.1 Å². The first-order chi connectivity index (χ1) is 16.0. The third-order valence-electron chi connectivity index (χ3n) is 6.20. The Hall–Kier alpha value is -2.70. The summed E-state index contributed by atoms with van der Waals surface area (Å²) >= 11 is 9.62. The highest BCUT2D eigenvalue weighted by atomic mass is 79.9. The molecule has 5 rings (SSSR count). The van der Waals surface area contributed by atoms with Crippen LogP contribution in [0.2, 0.25) is 5.02 Å². The summed E-state index contributed by atoms with van der Waals surface area (Å²) in [4.78, 5) is 18.3. The van der Waals surface area contributed by atoms with Crippen molar-refractivity contribution >= 4 is 44.6 Å². The smallest absolute Gasteiger partial charge is 0.282 e. The van der Waals surface area contributed by atoms with Gasteiger partial charge in [0.15, 0.2) is 0 Å². The molecule has 0 bridgehead atoms. The van der Waals surface area contributed by atoms with Gasteiger partial charge in [-0.15, -0.1) is 0 Å². The molecule has 0 saturated heterocycles. The molecule has 1 aliphatic rings. The zero-order chi connectivity index (χ0) is 22.9. The molecule has 0 N–H and O–H groups in total. The number of rotatable bonds is 4. The highest BCUT2D eigenvalue weighted by Crippen LogP contribution is 2.32. The fourth-order valence-electron chi connectivity index (χ4n) is 4.44. The summed E-state index contributed by atoms with van der Waals surface area (Å²) in [5.74, 6) is 2.21. The van der Waals surface area contributed by atoms with E-state index < -0.39 is 0 Å². The van der Waals surface area contributed by atoms with Crippen molar-refractivity contribution in [1.29, 1.82) is 0 Å². The minimum Gasteiger partial charge on any atom is -0.455 e. The number of halogens is 2. The lowest BCUT2D eigenvalue weighted by Gasteiger charge is -2.22. The molecule has 33 heavy (non-hydrogen) atoms. The van der Waals surface area contributed by atoms with Crippen molar-refractivity contribution in [2.75, 3.05) is 0 Å². The second-order valence-electron chi connectivity index (χ2n) is 8.49. The van der Waals surface area contributed by atoms with Crippen LogP contribution < -0.4 is 5.56 Å². The first-order valence-corrected chi connectivity index (χ1v) is 12.3. The van der Waals surface area contributed by atoms with Crippen LogP contribution in [0.4, 0.5) is 0 Å². The van der Waals surface area contributed by atoms with E-state index in [-0.39, 0.29) is 11.5 Å². The van der Waals surface area contributed by atoms with Gasteiger partial charge in [0.25, 0.3) is 5.56 Å². The summed E-state index contributed by atoms with van der Waals surface area (Å²) in [6.07, 6.45) is 7.13. The van der Waals surface area contributed by atoms with Crippen molar-refractivity contribution in [1.82, 2.24) is 9.66 Å². The quantitative estimate of drug-likeness (QED) is 0.263. The number of fused-ring (bicyclic) bond motifs is 1. The second-order valence-corrected chi connectivity index (χ2v) is 9.84. The predicted molar refractivity (Wildman–Crippen MR) is 136 cm³/mol. The number of aromatic nitrogens is 2. The molecule has 0 spiro atoms. The monoisotopic (exact) mass is 523 g/mol. The van der Waals surface area contributed by atoms with E-state index >= 15 is 0 Å². The summed E-state index contributed by atoms with van der Waals surface area (Å²) < 4.78 is 8.30. The summed E-state index contributed by atoms with van der Waals surface area (Å²) in [5.41, 5.74) is 2.53. The largest absolute Gasteiger partial charge is 0.455 e. The molecule has 2 aromatic carbocycles. The van der Waals surface area contributed by atoms with E-state index in [4.69, 9.17) is 21.0 Å². The highest BCUT2D eigenvalue weighted by Gasteiger charge is 2.22. The van der Waals surface area contributed by atoms with Gasteiger partial charge >= 0.3 is 0 Å². The maximum absolute atomic E-state index is 13.4. The van der Waals surface area contributed by atoms with E-state index in [1.807, 2.05) is 49.4 Å². The third kappa shape index (κ3) is 4.55. The Labute approximate surface area is 205 Å². The van der Waals surface area contributed by atoms with Gasteiger partial charge in [-0.05, 0) is 67.8 Å². The number of aryl methyl sites for hydroxylation is 1. The Bertz CT molecular complexity index is 1420. The molecular formula is C26H23BrClN3O2. The number of hydrogen-bond donors (Lipinski definition) is 0. The molecule has 0 radical (unpaired) electrons. The van der Waals surface area contributed by atoms with Crippen LogP contribution in [0.1, 0.15) is 55.2 Å². The Morgan fingerprint density at radius 1 is 1.12 bits per heavy atom. The molecule has 0 amide bonds. The lowest BCUT2D eigenvalue weighted by Crippen LogP contribution is -2.25. The lowest BCUT2D eigenvalue weighted by molar-refractivity contribution is 0.416. The van der Waals surface area contributed by atoms with Gasteiger partial charge in [-0.25, -0.2) is 4.98 Å². The SMILES string of the molecule is Cc1ccc(Cl)cc1-c1ccc(C=Nn2c(C3CCCCC3)nc3ccc(Br)cc3c2=O)o1. The zero-order valence-electron chi connectivity index (χ0n) is 18.2. The molecule has 1 saturated carbocycles.